The van der Waals surface area contributed by atoms with Crippen molar-refractivity contribution >= 4 is 0 Å². The minimum absolute atomic E-state index is 0.0908. The molecule has 0 spiro atoms. The van der Waals surface area contributed by atoms with Crippen LogP contribution in [-0.2, 0) is 0 Å². The Bertz CT molecular complexity index is 1130. The molecule has 5 rings (SSSR count). The Labute approximate surface area is 173 Å². The molecule has 0 saturated carbocycles. The van der Waals surface area contributed by atoms with E-state index < -0.39 is 0 Å². The topological polar surface area (TPSA) is 85.1 Å². The van der Waals surface area contributed by atoms with Crippen LogP contribution in [-0.4, -0.2) is 42.8 Å². The van der Waals surface area contributed by atoms with Gasteiger partial charge >= 0.3 is 0 Å². The predicted molar refractivity (Wildman–Crippen MR) is 109 cm³/mol. The molecule has 0 aliphatic carbocycles. The van der Waals surface area contributed by atoms with Gasteiger partial charge in [0.1, 0.15) is 17.7 Å². The number of aromatic hydroxyl groups is 1. The molecule has 3 aromatic rings. The highest BCUT2D eigenvalue weighted by Crippen LogP contribution is 2.36. The molecule has 1 aromatic carbocycles. The van der Waals surface area contributed by atoms with Crippen LogP contribution in [0.25, 0.3) is 16.9 Å². The summed E-state index contributed by atoms with van der Waals surface area (Å²) in [5.74, 6) is 0.361. The molecule has 7 nitrogen and oxygen atoms in total. The zero-order chi connectivity index (χ0) is 20.9. The summed E-state index contributed by atoms with van der Waals surface area (Å²) in [6.45, 7) is 3.87. The summed E-state index contributed by atoms with van der Waals surface area (Å²) in [6.07, 6.45) is 4.56. The van der Waals surface area contributed by atoms with E-state index in [1.165, 1.54) is 0 Å². The lowest BCUT2D eigenvalue weighted by Gasteiger charge is -2.35. The van der Waals surface area contributed by atoms with E-state index in [1.807, 2.05) is 32.2 Å². The molecule has 2 aliphatic rings. The van der Waals surface area contributed by atoms with Crippen molar-refractivity contribution in [1.82, 2.24) is 25.3 Å². The fraction of sp³-hybridized carbons (Fsp3) is 0.318. The van der Waals surface area contributed by atoms with E-state index in [0.29, 0.717) is 30.0 Å². The summed E-state index contributed by atoms with van der Waals surface area (Å²) in [6, 6.07) is 10.4. The summed E-state index contributed by atoms with van der Waals surface area (Å²) in [5.41, 5.74) is 2.38. The van der Waals surface area contributed by atoms with Crippen LogP contribution in [0.3, 0.4) is 0 Å². The maximum absolute atomic E-state index is 13.9. The van der Waals surface area contributed by atoms with Crippen molar-refractivity contribution in [1.29, 1.82) is 0 Å². The zero-order valence-corrected chi connectivity index (χ0v) is 16.7. The van der Waals surface area contributed by atoms with Gasteiger partial charge in [0, 0.05) is 42.3 Å². The number of fused-ring (bicyclic) bond motifs is 2. The Balaban J connectivity index is 1.31. The van der Waals surface area contributed by atoms with Crippen molar-refractivity contribution < 1.29 is 14.2 Å². The second-order valence-corrected chi connectivity index (χ2v) is 8.18. The van der Waals surface area contributed by atoms with Crippen LogP contribution in [0.15, 0.2) is 54.5 Å². The Kier molecular flexibility index (Phi) is 4.32. The van der Waals surface area contributed by atoms with Crippen molar-refractivity contribution in [3.63, 3.8) is 0 Å². The van der Waals surface area contributed by atoms with Gasteiger partial charge < -0.3 is 9.84 Å². The SMILES string of the molecule is Cc1ccn(-c2ccc(-c3ccc(OC4CC5NC(C)(C=C5F)C4)nn3)c(O)c2)n1. The molecule has 0 radical (unpaired) electrons. The maximum atomic E-state index is 13.9. The minimum atomic E-state index is -0.383. The van der Waals surface area contributed by atoms with Crippen LogP contribution in [0.1, 0.15) is 25.5 Å². The van der Waals surface area contributed by atoms with Crippen molar-refractivity contribution in [2.24, 2.45) is 0 Å². The van der Waals surface area contributed by atoms with Gasteiger partial charge in [-0.25, -0.2) is 9.07 Å². The fourth-order valence-electron chi connectivity index (χ4n) is 4.25. The van der Waals surface area contributed by atoms with E-state index in [-0.39, 0.29) is 29.3 Å². The summed E-state index contributed by atoms with van der Waals surface area (Å²) in [5, 5.41) is 26.5. The maximum Gasteiger partial charge on any atom is 0.233 e. The lowest BCUT2D eigenvalue weighted by atomic mass is 9.91. The molecule has 2 aliphatic heterocycles. The average Bonchev–Trinajstić information content (AvgIpc) is 3.22. The van der Waals surface area contributed by atoms with E-state index in [9.17, 15) is 9.50 Å². The molecular formula is C22H22FN5O2. The summed E-state index contributed by atoms with van der Waals surface area (Å²) >= 11 is 0. The van der Waals surface area contributed by atoms with Crippen molar-refractivity contribution in [3.8, 4) is 28.6 Å². The molecule has 3 atom stereocenters. The number of rotatable bonds is 4. The smallest absolute Gasteiger partial charge is 0.233 e. The largest absolute Gasteiger partial charge is 0.507 e. The van der Waals surface area contributed by atoms with Crippen LogP contribution in [0.5, 0.6) is 11.6 Å². The Morgan fingerprint density at radius 3 is 2.77 bits per heavy atom. The normalized spacial score (nSPS) is 25.2. The van der Waals surface area contributed by atoms with Crippen molar-refractivity contribution in [2.45, 2.75) is 44.4 Å². The molecule has 2 N–H and O–H groups in total. The second kappa shape index (κ2) is 6.91. The molecule has 0 amide bonds. The van der Waals surface area contributed by atoms with Gasteiger partial charge in [-0.3, -0.25) is 5.32 Å². The first-order valence-corrected chi connectivity index (χ1v) is 9.91. The van der Waals surface area contributed by atoms with E-state index in [0.717, 1.165) is 11.4 Å². The highest BCUT2D eigenvalue weighted by Gasteiger charge is 2.43. The third-order valence-corrected chi connectivity index (χ3v) is 5.62. The number of halogens is 1. The number of nitrogens with one attached hydrogen (secondary N) is 1. The second-order valence-electron chi connectivity index (χ2n) is 8.18. The molecule has 4 heterocycles. The number of piperidine rings is 1. The number of phenols is 1. The molecule has 3 unspecified atom stereocenters. The van der Waals surface area contributed by atoms with Gasteiger partial charge in [-0.05, 0) is 44.2 Å². The van der Waals surface area contributed by atoms with Crippen LogP contribution in [0.4, 0.5) is 4.39 Å². The number of benzene rings is 1. The van der Waals surface area contributed by atoms with Gasteiger partial charge in [-0.15, -0.1) is 10.2 Å². The Morgan fingerprint density at radius 1 is 1.23 bits per heavy atom. The summed E-state index contributed by atoms with van der Waals surface area (Å²) < 4.78 is 21.6. The standard InChI is InChI=1S/C22H22FN5O2/c1-13-7-8-28(27-13)14-3-4-16(20(29)9-14)18-5-6-21(26-25-18)30-15-10-19-17(23)12-22(2,11-15)24-19/h3-9,12,15,19,24,29H,10-11H2,1-2H3. The van der Waals surface area contributed by atoms with Crippen LogP contribution in [0.2, 0.25) is 0 Å². The first-order chi connectivity index (χ1) is 14.4. The fourth-order valence-corrected chi connectivity index (χ4v) is 4.25. The molecule has 154 valence electrons. The van der Waals surface area contributed by atoms with E-state index in [1.54, 1.807) is 35.0 Å². The quantitative estimate of drug-likeness (QED) is 0.689. The molecular weight excluding hydrogens is 385 g/mol. The van der Waals surface area contributed by atoms with Crippen LogP contribution >= 0.6 is 0 Å². The minimum Gasteiger partial charge on any atom is -0.507 e. The number of ether oxygens (including phenoxy) is 1. The Hall–Kier alpha value is -3.26. The first-order valence-electron chi connectivity index (χ1n) is 9.91. The van der Waals surface area contributed by atoms with Crippen LogP contribution < -0.4 is 10.1 Å². The van der Waals surface area contributed by atoms with Gasteiger partial charge in [-0.1, -0.05) is 0 Å². The van der Waals surface area contributed by atoms with Gasteiger partial charge in [0.25, 0.3) is 0 Å². The monoisotopic (exact) mass is 407 g/mol. The number of hydrogen-bond donors (Lipinski definition) is 2. The average molecular weight is 407 g/mol. The molecule has 8 heteroatoms. The van der Waals surface area contributed by atoms with Crippen LogP contribution in [0, 0.1) is 6.92 Å². The third kappa shape index (κ3) is 3.43. The molecule has 1 saturated heterocycles. The Morgan fingerprint density at radius 2 is 2.10 bits per heavy atom. The van der Waals surface area contributed by atoms with E-state index >= 15 is 0 Å². The predicted octanol–water partition coefficient (Wildman–Crippen LogP) is 3.47. The highest BCUT2D eigenvalue weighted by atomic mass is 19.1. The third-order valence-electron chi connectivity index (χ3n) is 5.62. The molecule has 2 aromatic heterocycles. The van der Waals surface area contributed by atoms with E-state index in [2.05, 4.69) is 20.6 Å². The van der Waals surface area contributed by atoms with Crippen molar-refractivity contribution in [3.05, 3.63) is 60.2 Å². The number of aryl methyl sites for hydroxylation is 1. The van der Waals surface area contributed by atoms with Gasteiger partial charge in [0.2, 0.25) is 5.88 Å². The lowest BCUT2D eigenvalue weighted by molar-refractivity contribution is 0.106. The molecule has 2 bridgehead atoms. The number of hydrogen-bond acceptors (Lipinski definition) is 6. The van der Waals surface area contributed by atoms with Crippen molar-refractivity contribution in [2.75, 3.05) is 0 Å². The van der Waals surface area contributed by atoms with Gasteiger partial charge in [-0.2, -0.15) is 5.10 Å². The van der Waals surface area contributed by atoms with E-state index in [4.69, 9.17) is 4.74 Å². The number of aromatic nitrogens is 4. The molecule has 30 heavy (non-hydrogen) atoms. The lowest BCUT2D eigenvalue weighted by Crippen LogP contribution is -2.51. The van der Waals surface area contributed by atoms with Gasteiger partial charge in [0.15, 0.2) is 0 Å². The molecule has 1 fully saturated rings. The van der Waals surface area contributed by atoms with Gasteiger partial charge in [0.05, 0.1) is 23.1 Å². The summed E-state index contributed by atoms with van der Waals surface area (Å²) in [4.78, 5) is 0. The number of phenolic OH excluding ortho intramolecular Hbond substituents is 1. The highest BCUT2D eigenvalue weighted by molar-refractivity contribution is 5.68. The number of nitrogens with zero attached hydrogens (tertiary/aromatic N) is 4. The first kappa shape index (κ1) is 18.7. The zero-order valence-electron chi connectivity index (χ0n) is 16.7. The summed E-state index contributed by atoms with van der Waals surface area (Å²) in [7, 11) is 0.